The molecule has 104 valence electrons. The van der Waals surface area contributed by atoms with Crippen molar-refractivity contribution in [2.45, 2.75) is 6.04 Å². The van der Waals surface area contributed by atoms with Crippen LogP contribution < -0.4 is 10.4 Å². The molecule has 0 amide bonds. The molecule has 0 fully saturated rings. The van der Waals surface area contributed by atoms with Gasteiger partial charge in [-0.2, -0.15) is 11.1 Å². The second-order valence-corrected chi connectivity index (χ2v) is 10.2. The summed E-state index contributed by atoms with van der Waals surface area (Å²) in [5.41, 5.74) is 1.30. The van der Waals surface area contributed by atoms with Crippen molar-refractivity contribution in [1.29, 1.82) is 0 Å². The molecular formula is C19H17ClSi. The fraction of sp³-hybridized carbons (Fsp3) is 0.0526. The van der Waals surface area contributed by atoms with E-state index in [0.717, 1.165) is 6.04 Å². The van der Waals surface area contributed by atoms with E-state index < -0.39 is 7.38 Å². The molecule has 0 aliphatic rings. The Hall–Kier alpha value is -1.83. The van der Waals surface area contributed by atoms with E-state index in [4.69, 9.17) is 11.1 Å². The molecule has 0 atom stereocenters. The highest BCUT2D eigenvalue weighted by molar-refractivity contribution is 7.33. The van der Waals surface area contributed by atoms with E-state index in [0.29, 0.717) is 0 Å². The van der Waals surface area contributed by atoms with Crippen molar-refractivity contribution in [2.75, 3.05) is 0 Å². The lowest BCUT2D eigenvalue weighted by Crippen LogP contribution is -2.55. The summed E-state index contributed by atoms with van der Waals surface area (Å²) in [5.74, 6) is 0. The molecule has 0 aromatic heterocycles. The van der Waals surface area contributed by atoms with Crippen molar-refractivity contribution in [3.05, 3.63) is 96.6 Å². The third-order valence-corrected chi connectivity index (χ3v) is 8.86. The summed E-state index contributed by atoms with van der Waals surface area (Å²) in [7, 11) is -2.27. The lowest BCUT2D eigenvalue weighted by Gasteiger charge is -2.26. The smallest absolute Gasteiger partial charge is 0.154 e. The van der Waals surface area contributed by atoms with Crippen molar-refractivity contribution in [3.8, 4) is 0 Å². The fourth-order valence-electron chi connectivity index (χ4n) is 2.65. The lowest BCUT2D eigenvalue weighted by molar-refractivity contribution is 1.36. The van der Waals surface area contributed by atoms with Crippen LogP contribution in [0.4, 0.5) is 0 Å². The minimum Gasteiger partial charge on any atom is -0.154 e. The van der Waals surface area contributed by atoms with Gasteiger partial charge in [-0.1, -0.05) is 91.0 Å². The largest absolute Gasteiger partial charge is 0.221 e. The molecule has 0 bridgehead atoms. The first kappa shape index (κ1) is 14.1. The molecule has 0 saturated carbocycles. The Morgan fingerprint density at radius 1 is 0.571 bits per heavy atom. The second-order valence-electron chi connectivity index (χ2n) is 5.20. The molecule has 0 aliphatic heterocycles. The van der Waals surface area contributed by atoms with E-state index in [1.165, 1.54) is 15.9 Å². The summed E-state index contributed by atoms with van der Waals surface area (Å²) in [4.78, 5) is 0. The lowest BCUT2D eigenvalue weighted by atomic mass is 10.2. The normalized spacial score (nSPS) is 11.3. The quantitative estimate of drug-likeness (QED) is 0.508. The Kier molecular flexibility index (Phi) is 4.23. The van der Waals surface area contributed by atoms with E-state index in [-0.39, 0.29) is 0 Å². The molecule has 0 radical (unpaired) electrons. The molecule has 0 N–H and O–H groups in total. The van der Waals surface area contributed by atoms with Gasteiger partial charge in [-0.3, -0.25) is 0 Å². The molecule has 0 aliphatic carbocycles. The van der Waals surface area contributed by atoms with E-state index in [9.17, 15) is 0 Å². The Balaban J connectivity index is 2.07. The van der Waals surface area contributed by atoms with Crippen molar-refractivity contribution in [3.63, 3.8) is 0 Å². The summed E-state index contributed by atoms with van der Waals surface area (Å²) in [6.07, 6.45) is 0. The molecule has 3 aromatic rings. The predicted molar refractivity (Wildman–Crippen MR) is 93.9 cm³/mol. The van der Waals surface area contributed by atoms with E-state index in [1.54, 1.807) is 0 Å². The first-order valence-corrected chi connectivity index (χ1v) is 10.3. The van der Waals surface area contributed by atoms with Crippen molar-refractivity contribution < 1.29 is 0 Å². The van der Waals surface area contributed by atoms with Crippen LogP contribution >= 0.6 is 11.1 Å². The van der Waals surface area contributed by atoms with Crippen molar-refractivity contribution in [1.82, 2.24) is 0 Å². The van der Waals surface area contributed by atoms with Crippen LogP contribution in [0.1, 0.15) is 5.56 Å². The van der Waals surface area contributed by atoms with Crippen LogP contribution in [0.3, 0.4) is 0 Å². The molecule has 0 unspecified atom stereocenters. The van der Waals surface area contributed by atoms with Crippen molar-refractivity contribution in [2.24, 2.45) is 0 Å². The van der Waals surface area contributed by atoms with Crippen LogP contribution in [-0.4, -0.2) is 7.38 Å². The number of rotatable bonds is 4. The average Bonchev–Trinajstić information content (AvgIpc) is 2.57. The summed E-state index contributed by atoms with van der Waals surface area (Å²) >= 11 is 7.26. The van der Waals surface area contributed by atoms with Crippen LogP contribution in [0.2, 0.25) is 0 Å². The van der Waals surface area contributed by atoms with Crippen LogP contribution in [0, 0.1) is 0 Å². The number of hydrogen-bond donors (Lipinski definition) is 0. The molecular weight excluding hydrogens is 292 g/mol. The molecule has 3 aromatic carbocycles. The highest BCUT2D eigenvalue weighted by Gasteiger charge is 2.35. The summed E-state index contributed by atoms with van der Waals surface area (Å²) < 4.78 is 0. The Labute approximate surface area is 131 Å². The van der Waals surface area contributed by atoms with E-state index in [2.05, 4.69) is 72.8 Å². The summed E-state index contributed by atoms with van der Waals surface area (Å²) in [6.45, 7) is 0. The van der Waals surface area contributed by atoms with Crippen LogP contribution in [0.15, 0.2) is 91.0 Å². The van der Waals surface area contributed by atoms with Gasteiger partial charge in [0.25, 0.3) is 0 Å². The third-order valence-electron chi connectivity index (χ3n) is 3.75. The molecule has 0 nitrogen and oxygen atoms in total. The molecule has 3 rings (SSSR count). The van der Waals surface area contributed by atoms with Crippen LogP contribution in [0.5, 0.6) is 0 Å². The first-order valence-electron chi connectivity index (χ1n) is 7.13. The number of halogens is 1. The average molecular weight is 309 g/mol. The molecule has 0 heterocycles. The second kappa shape index (κ2) is 6.29. The van der Waals surface area contributed by atoms with Gasteiger partial charge in [0.15, 0.2) is 0 Å². The highest BCUT2D eigenvalue weighted by atomic mass is 35.6. The van der Waals surface area contributed by atoms with Gasteiger partial charge < -0.3 is 0 Å². The van der Waals surface area contributed by atoms with E-state index >= 15 is 0 Å². The fourth-order valence-corrected chi connectivity index (χ4v) is 6.85. The maximum absolute atomic E-state index is 7.26. The monoisotopic (exact) mass is 308 g/mol. The van der Waals surface area contributed by atoms with Gasteiger partial charge in [0.05, 0.1) is 0 Å². The third kappa shape index (κ3) is 3.10. The van der Waals surface area contributed by atoms with Crippen LogP contribution in [0.25, 0.3) is 0 Å². The molecule has 2 heteroatoms. The Morgan fingerprint density at radius 3 is 1.38 bits per heavy atom. The zero-order valence-corrected chi connectivity index (χ0v) is 13.5. The van der Waals surface area contributed by atoms with Gasteiger partial charge >= 0.3 is 0 Å². The van der Waals surface area contributed by atoms with Gasteiger partial charge in [-0.05, 0) is 22.0 Å². The van der Waals surface area contributed by atoms with Gasteiger partial charge in [0, 0.05) is 0 Å². The standard InChI is InChI=1S/C19H17ClSi/c20-21(18-12-6-2-7-13-18,19-14-8-3-9-15-19)16-17-10-4-1-5-11-17/h1-15H,16H2. The maximum atomic E-state index is 7.26. The van der Waals surface area contributed by atoms with Gasteiger partial charge in [0.1, 0.15) is 0 Å². The molecule has 21 heavy (non-hydrogen) atoms. The minimum atomic E-state index is -2.27. The SMILES string of the molecule is Cl[Si](Cc1ccccc1)(c1ccccc1)c1ccccc1. The summed E-state index contributed by atoms with van der Waals surface area (Å²) in [6, 6.07) is 32.5. The number of hydrogen-bond acceptors (Lipinski definition) is 0. The number of benzene rings is 3. The van der Waals surface area contributed by atoms with Gasteiger partial charge in [0.2, 0.25) is 7.38 Å². The maximum Gasteiger partial charge on any atom is 0.221 e. The predicted octanol–water partition coefficient (Wildman–Crippen LogP) is 3.77. The van der Waals surface area contributed by atoms with E-state index in [1.807, 2.05) is 18.2 Å². The molecule has 0 spiro atoms. The summed E-state index contributed by atoms with van der Waals surface area (Å²) in [5, 5.41) is 2.53. The van der Waals surface area contributed by atoms with Gasteiger partial charge in [-0.25, -0.2) is 0 Å². The van der Waals surface area contributed by atoms with Crippen LogP contribution in [-0.2, 0) is 6.04 Å². The first-order chi connectivity index (χ1) is 10.3. The Bertz CT molecular complexity index is 641. The minimum absolute atomic E-state index is 0.906. The zero-order valence-electron chi connectivity index (χ0n) is 11.7. The Morgan fingerprint density at radius 2 is 0.952 bits per heavy atom. The topological polar surface area (TPSA) is 0 Å². The van der Waals surface area contributed by atoms with Crippen molar-refractivity contribution >= 4 is 28.8 Å². The van der Waals surface area contributed by atoms with Gasteiger partial charge in [-0.15, -0.1) is 0 Å². The molecule has 0 saturated heterocycles. The highest BCUT2D eigenvalue weighted by Crippen LogP contribution is 2.17. The zero-order chi connectivity index (χ0) is 14.5.